The lowest BCUT2D eigenvalue weighted by Crippen LogP contribution is -2.02. The van der Waals surface area contributed by atoms with E-state index in [1.54, 1.807) is 49.6 Å². The predicted molar refractivity (Wildman–Crippen MR) is 115 cm³/mol. The summed E-state index contributed by atoms with van der Waals surface area (Å²) in [5.41, 5.74) is 2.43. The van der Waals surface area contributed by atoms with Gasteiger partial charge in [0.15, 0.2) is 5.78 Å². The second kappa shape index (κ2) is 10.7. The SMILES string of the molecule is COc1ccc(/C=C/C(=O)c2ccc(OC(F)F)cc2)cc1COc1ccc(C#N)cc1. The average molecular weight is 435 g/mol. The molecule has 0 saturated carbocycles. The third-order valence-electron chi connectivity index (χ3n) is 4.47. The number of ether oxygens (including phenoxy) is 3. The van der Waals surface area contributed by atoms with Crippen molar-refractivity contribution >= 4 is 11.9 Å². The van der Waals surface area contributed by atoms with Crippen LogP contribution in [0.15, 0.2) is 72.8 Å². The molecule has 32 heavy (non-hydrogen) atoms. The number of benzene rings is 3. The maximum atomic E-state index is 12.4. The molecule has 3 rings (SSSR count). The molecule has 7 heteroatoms. The molecule has 0 aliphatic rings. The van der Waals surface area contributed by atoms with Gasteiger partial charge < -0.3 is 14.2 Å². The molecule has 0 saturated heterocycles. The average Bonchev–Trinajstić information content (AvgIpc) is 2.81. The number of nitrogens with zero attached hydrogens (tertiary/aromatic N) is 1. The molecule has 0 fully saturated rings. The molecule has 3 aromatic carbocycles. The molecule has 0 aliphatic heterocycles. The van der Waals surface area contributed by atoms with E-state index in [4.69, 9.17) is 14.7 Å². The van der Waals surface area contributed by atoms with Gasteiger partial charge in [0.05, 0.1) is 18.7 Å². The molecule has 0 amide bonds. The van der Waals surface area contributed by atoms with Crippen LogP contribution in [0.2, 0.25) is 0 Å². The van der Waals surface area contributed by atoms with E-state index in [-0.39, 0.29) is 18.1 Å². The van der Waals surface area contributed by atoms with E-state index in [9.17, 15) is 13.6 Å². The first kappa shape index (κ1) is 22.5. The van der Waals surface area contributed by atoms with E-state index in [1.807, 2.05) is 6.07 Å². The first-order valence-electron chi connectivity index (χ1n) is 9.55. The van der Waals surface area contributed by atoms with Crippen LogP contribution in [-0.4, -0.2) is 19.5 Å². The van der Waals surface area contributed by atoms with Crippen molar-refractivity contribution in [1.82, 2.24) is 0 Å². The van der Waals surface area contributed by atoms with Gasteiger partial charge in [-0.25, -0.2) is 0 Å². The quantitative estimate of drug-likeness (QED) is 0.321. The van der Waals surface area contributed by atoms with Crippen LogP contribution in [0.4, 0.5) is 8.78 Å². The maximum Gasteiger partial charge on any atom is 0.387 e. The Labute approximate surface area is 184 Å². The van der Waals surface area contributed by atoms with Gasteiger partial charge in [-0.2, -0.15) is 14.0 Å². The first-order valence-corrected chi connectivity index (χ1v) is 9.55. The molecule has 0 aromatic heterocycles. The smallest absolute Gasteiger partial charge is 0.387 e. The third-order valence-corrected chi connectivity index (χ3v) is 4.47. The van der Waals surface area contributed by atoms with E-state index in [2.05, 4.69) is 10.8 Å². The Morgan fingerprint density at radius 2 is 1.72 bits per heavy atom. The van der Waals surface area contributed by atoms with Crippen molar-refractivity contribution in [3.8, 4) is 23.3 Å². The van der Waals surface area contributed by atoms with Crippen LogP contribution in [0.3, 0.4) is 0 Å². The number of rotatable bonds is 9. The number of alkyl halides is 2. The molecule has 0 heterocycles. The molecular formula is C25H19F2NO4. The minimum atomic E-state index is -2.92. The van der Waals surface area contributed by atoms with Crippen molar-refractivity contribution in [1.29, 1.82) is 5.26 Å². The fraction of sp³-hybridized carbons (Fsp3) is 0.120. The Morgan fingerprint density at radius 1 is 1.03 bits per heavy atom. The molecule has 0 spiro atoms. The maximum absolute atomic E-state index is 12.4. The number of ketones is 1. The molecule has 5 nitrogen and oxygen atoms in total. The van der Waals surface area contributed by atoms with Crippen molar-refractivity contribution in [3.63, 3.8) is 0 Å². The van der Waals surface area contributed by atoms with Gasteiger partial charge in [-0.15, -0.1) is 0 Å². The molecule has 0 aliphatic carbocycles. The van der Waals surface area contributed by atoms with Crippen molar-refractivity contribution in [3.05, 3.63) is 95.1 Å². The van der Waals surface area contributed by atoms with Gasteiger partial charge in [-0.05, 0) is 72.3 Å². The molecule has 0 N–H and O–H groups in total. The van der Waals surface area contributed by atoms with Gasteiger partial charge in [-0.3, -0.25) is 4.79 Å². The van der Waals surface area contributed by atoms with Crippen LogP contribution < -0.4 is 14.2 Å². The zero-order chi connectivity index (χ0) is 22.9. The summed E-state index contributed by atoms with van der Waals surface area (Å²) >= 11 is 0. The highest BCUT2D eigenvalue weighted by Crippen LogP contribution is 2.23. The number of halogens is 2. The highest BCUT2D eigenvalue weighted by atomic mass is 19.3. The summed E-state index contributed by atoms with van der Waals surface area (Å²) in [6, 6.07) is 19.7. The van der Waals surface area contributed by atoms with Crippen molar-refractivity contribution in [2.75, 3.05) is 7.11 Å². The summed E-state index contributed by atoms with van der Waals surface area (Å²) in [7, 11) is 1.56. The largest absolute Gasteiger partial charge is 0.496 e. The zero-order valence-corrected chi connectivity index (χ0v) is 17.1. The van der Waals surface area contributed by atoms with Gasteiger partial charge >= 0.3 is 6.61 Å². The topological polar surface area (TPSA) is 68.6 Å². The Balaban J connectivity index is 1.69. The number of allylic oxidation sites excluding steroid dienone is 1. The van der Waals surface area contributed by atoms with E-state index in [0.29, 0.717) is 22.6 Å². The van der Waals surface area contributed by atoms with Crippen LogP contribution in [0.5, 0.6) is 17.2 Å². The van der Waals surface area contributed by atoms with Crippen LogP contribution >= 0.6 is 0 Å². The molecule has 0 bridgehead atoms. The number of nitriles is 1. The molecule has 162 valence electrons. The highest BCUT2D eigenvalue weighted by Gasteiger charge is 2.08. The minimum Gasteiger partial charge on any atom is -0.496 e. The zero-order valence-electron chi connectivity index (χ0n) is 17.1. The summed E-state index contributed by atoms with van der Waals surface area (Å²) in [6.07, 6.45) is 3.05. The molecule has 3 aromatic rings. The Kier molecular flexibility index (Phi) is 7.55. The summed E-state index contributed by atoms with van der Waals surface area (Å²) in [6.45, 7) is -2.68. The Morgan fingerprint density at radius 3 is 2.34 bits per heavy atom. The number of methoxy groups -OCH3 is 1. The standard InChI is InChI=1S/C25H19F2NO4/c1-30-24-13-5-17(14-20(24)16-31-21-8-2-18(15-28)3-9-21)4-12-23(29)19-6-10-22(11-7-19)32-25(26)27/h2-14,25H,16H2,1H3/b12-4+. The summed E-state index contributed by atoms with van der Waals surface area (Å²) in [5, 5.41) is 8.87. The highest BCUT2D eigenvalue weighted by molar-refractivity contribution is 6.06. The van der Waals surface area contributed by atoms with E-state index >= 15 is 0 Å². The summed E-state index contributed by atoms with van der Waals surface area (Å²) < 4.78 is 39.9. The number of hydrogen-bond donors (Lipinski definition) is 0. The van der Waals surface area contributed by atoms with Crippen molar-refractivity contribution < 1.29 is 27.8 Å². The molecule has 0 unspecified atom stereocenters. The summed E-state index contributed by atoms with van der Waals surface area (Å²) in [4.78, 5) is 12.4. The first-order chi connectivity index (χ1) is 15.5. The van der Waals surface area contributed by atoms with Gasteiger partial charge in [-0.1, -0.05) is 12.1 Å². The normalized spacial score (nSPS) is 10.7. The fourth-order valence-electron chi connectivity index (χ4n) is 2.87. The van der Waals surface area contributed by atoms with Crippen LogP contribution in [-0.2, 0) is 6.61 Å². The third kappa shape index (κ3) is 6.16. The lowest BCUT2D eigenvalue weighted by Gasteiger charge is -2.11. The Bertz CT molecular complexity index is 1130. The predicted octanol–water partition coefficient (Wildman–Crippen LogP) is 5.64. The second-order valence-electron chi connectivity index (χ2n) is 6.60. The van der Waals surface area contributed by atoms with Crippen LogP contribution in [0, 0.1) is 11.3 Å². The molecule has 0 radical (unpaired) electrons. The molecular weight excluding hydrogens is 416 g/mol. The second-order valence-corrected chi connectivity index (χ2v) is 6.60. The Hall–Kier alpha value is -4.18. The van der Waals surface area contributed by atoms with Crippen LogP contribution in [0.25, 0.3) is 6.08 Å². The number of hydrogen-bond acceptors (Lipinski definition) is 5. The van der Waals surface area contributed by atoms with E-state index in [1.165, 1.54) is 30.3 Å². The lowest BCUT2D eigenvalue weighted by atomic mass is 10.1. The van der Waals surface area contributed by atoms with E-state index in [0.717, 1.165) is 11.1 Å². The van der Waals surface area contributed by atoms with E-state index < -0.39 is 6.61 Å². The van der Waals surface area contributed by atoms with Gasteiger partial charge in [0.2, 0.25) is 0 Å². The summed E-state index contributed by atoms with van der Waals surface area (Å²) in [5.74, 6) is 0.959. The lowest BCUT2D eigenvalue weighted by molar-refractivity contribution is -0.0498. The van der Waals surface area contributed by atoms with Crippen molar-refractivity contribution in [2.45, 2.75) is 13.2 Å². The van der Waals surface area contributed by atoms with Gasteiger partial charge in [0.1, 0.15) is 23.9 Å². The van der Waals surface area contributed by atoms with Gasteiger partial charge in [0.25, 0.3) is 0 Å². The van der Waals surface area contributed by atoms with Crippen LogP contribution in [0.1, 0.15) is 27.0 Å². The number of carbonyl (C=O) groups excluding carboxylic acids is 1. The molecule has 0 atom stereocenters. The monoisotopic (exact) mass is 435 g/mol. The number of carbonyl (C=O) groups is 1. The fourth-order valence-corrected chi connectivity index (χ4v) is 2.87. The van der Waals surface area contributed by atoms with Crippen molar-refractivity contribution in [2.24, 2.45) is 0 Å². The van der Waals surface area contributed by atoms with Gasteiger partial charge in [0, 0.05) is 11.1 Å². The minimum absolute atomic E-state index is 0.0115.